The van der Waals surface area contributed by atoms with Crippen LogP contribution < -0.4 is 5.32 Å². The van der Waals surface area contributed by atoms with Crippen LogP contribution in [0.15, 0.2) is 18.2 Å². The molecule has 1 aliphatic rings. The molecule has 3 heteroatoms. The molecule has 2 rings (SSSR count). The maximum Gasteiger partial charge on any atom is 0.130 e. The molecule has 17 heavy (non-hydrogen) atoms. The topological polar surface area (TPSA) is 12.0 Å². The van der Waals surface area contributed by atoms with Gasteiger partial charge in [0.05, 0.1) is 0 Å². The van der Waals surface area contributed by atoms with E-state index < -0.39 is 11.6 Å². The largest absolute Gasteiger partial charge is 0.310 e. The summed E-state index contributed by atoms with van der Waals surface area (Å²) >= 11 is 0. The maximum absolute atomic E-state index is 13.5. The molecule has 1 nitrogen and oxygen atoms in total. The molecule has 94 valence electrons. The van der Waals surface area contributed by atoms with E-state index >= 15 is 0 Å². The van der Waals surface area contributed by atoms with Gasteiger partial charge >= 0.3 is 0 Å². The second-order valence-electron chi connectivity index (χ2n) is 4.93. The Balaban J connectivity index is 1.78. The fourth-order valence-electron chi connectivity index (χ4n) is 2.08. The molecule has 0 aliphatic heterocycles. The quantitative estimate of drug-likeness (QED) is 0.744. The Morgan fingerprint density at radius 2 is 2.12 bits per heavy atom. The van der Waals surface area contributed by atoms with Gasteiger partial charge in [0, 0.05) is 17.7 Å². The average Bonchev–Trinajstić information content (AvgIpc) is 3.08. The molecule has 1 saturated carbocycles. The molecule has 1 aromatic carbocycles. The predicted octanol–water partition coefficient (Wildman–Crippen LogP) is 3.81. The molecule has 0 bridgehead atoms. The van der Waals surface area contributed by atoms with Crippen LogP contribution in [0.1, 0.15) is 44.2 Å². The van der Waals surface area contributed by atoms with Crippen molar-refractivity contribution in [1.29, 1.82) is 0 Å². The summed E-state index contributed by atoms with van der Waals surface area (Å²) < 4.78 is 26.2. The van der Waals surface area contributed by atoms with Gasteiger partial charge in [-0.25, -0.2) is 8.78 Å². The average molecular weight is 239 g/mol. The van der Waals surface area contributed by atoms with Crippen molar-refractivity contribution in [3.8, 4) is 0 Å². The van der Waals surface area contributed by atoms with Crippen LogP contribution in [0.4, 0.5) is 8.78 Å². The van der Waals surface area contributed by atoms with Gasteiger partial charge in [0.1, 0.15) is 11.6 Å². The highest BCUT2D eigenvalue weighted by Crippen LogP contribution is 2.33. The molecule has 0 spiro atoms. The van der Waals surface area contributed by atoms with Gasteiger partial charge in [-0.3, -0.25) is 0 Å². The Hall–Kier alpha value is -0.960. The van der Waals surface area contributed by atoms with E-state index in [2.05, 4.69) is 5.32 Å². The van der Waals surface area contributed by atoms with Crippen molar-refractivity contribution in [3.63, 3.8) is 0 Å². The van der Waals surface area contributed by atoms with Gasteiger partial charge in [-0.1, -0.05) is 18.9 Å². The lowest BCUT2D eigenvalue weighted by atomic mass is 10.1. The van der Waals surface area contributed by atoms with Crippen molar-refractivity contribution in [1.82, 2.24) is 5.32 Å². The molecule has 0 aromatic heterocycles. The Bertz CT molecular complexity index is 374. The van der Waals surface area contributed by atoms with Crippen molar-refractivity contribution in [3.05, 3.63) is 35.4 Å². The Morgan fingerprint density at radius 1 is 1.35 bits per heavy atom. The zero-order chi connectivity index (χ0) is 12.3. The number of halogens is 2. The first-order chi connectivity index (χ1) is 8.16. The first kappa shape index (κ1) is 12.5. The normalized spacial score (nSPS) is 17.1. The summed E-state index contributed by atoms with van der Waals surface area (Å²) in [6, 6.07) is 3.71. The predicted molar refractivity (Wildman–Crippen MR) is 64.7 cm³/mol. The molecule has 0 radical (unpaired) electrons. The van der Waals surface area contributed by atoms with E-state index in [1.54, 1.807) is 0 Å². The van der Waals surface area contributed by atoms with E-state index in [4.69, 9.17) is 0 Å². The zero-order valence-electron chi connectivity index (χ0n) is 10.2. The highest BCUT2D eigenvalue weighted by molar-refractivity contribution is 5.21. The van der Waals surface area contributed by atoms with Crippen LogP contribution in [-0.2, 0) is 0 Å². The lowest BCUT2D eigenvalue weighted by Crippen LogP contribution is -2.21. The van der Waals surface area contributed by atoms with E-state index in [1.165, 1.54) is 31.4 Å². The fourth-order valence-corrected chi connectivity index (χ4v) is 2.08. The van der Waals surface area contributed by atoms with Gasteiger partial charge in [-0.2, -0.15) is 0 Å². The van der Waals surface area contributed by atoms with Crippen LogP contribution in [0, 0.1) is 17.6 Å². The number of hydrogen-bond acceptors (Lipinski definition) is 1. The van der Waals surface area contributed by atoms with E-state index in [-0.39, 0.29) is 6.04 Å². The molecule has 0 heterocycles. The Morgan fingerprint density at radius 3 is 2.76 bits per heavy atom. The Kier molecular flexibility index (Phi) is 4.11. The molecule has 1 N–H and O–H groups in total. The minimum atomic E-state index is -0.521. The van der Waals surface area contributed by atoms with Crippen LogP contribution >= 0.6 is 0 Å². The minimum absolute atomic E-state index is 0.0604. The zero-order valence-corrected chi connectivity index (χ0v) is 10.2. The number of rotatable bonds is 6. The highest BCUT2D eigenvalue weighted by atomic mass is 19.1. The first-order valence-electron chi connectivity index (χ1n) is 6.35. The molecule has 1 fully saturated rings. The summed E-state index contributed by atoms with van der Waals surface area (Å²) in [7, 11) is 0. The first-order valence-corrected chi connectivity index (χ1v) is 6.35. The van der Waals surface area contributed by atoms with Crippen LogP contribution in [0.25, 0.3) is 0 Å². The lowest BCUT2D eigenvalue weighted by molar-refractivity contribution is 0.501. The molecule has 1 atom stereocenters. The van der Waals surface area contributed by atoms with Crippen molar-refractivity contribution in [2.24, 2.45) is 5.92 Å². The Labute approximate surface area is 101 Å². The van der Waals surface area contributed by atoms with Crippen LogP contribution in [-0.4, -0.2) is 6.54 Å². The summed E-state index contributed by atoms with van der Waals surface area (Å²) in [5, 5.41) is 3.28. The molecule has 1 aromatic rings. The monoisotopic (exact) mass is 239 g/mol. The van der Waals surface area contributed by atoms with Crippen molar-refractivity contribution >= 4 is 0 Å². The van der Waals surface area contributed by atoms with Crippen molar-refractivity contribution in [2.75, 3.05) is 6.54 Å². The minimum Gasteiger partial charge on any atom is -0.310 e. The number of benzene rings is 1. The maximum atomic E-state index is 13.5. The third-order valence-corrected chi connectivity index (χ3v) is 3.37. The summed E-state index contributed by atoms with van der Waals surface area (Å²) in [6.07, 6.45) is 5.16. The molecular formula is C14H19F2N. The van der Waals surface area contributed by atoms with Crippen molar-refractivity contribution in [2.45, 2.75) is 38.6 Å². The molecule has 0 saturated heterocycles. The van der Waals surface area contributed by atoms with Gasteiger partial charge in [0.2, 0.25) is 0 Å². The summed E-state index contributed by atoms with van der Waals surface area (Å²) in [4.78, 5) is 0. The van der Waals surface area contributed by atoms with Gasteiger partial charge in [-0.15, -0.1) is 0 Å². The summed E-state index contributed by atoms with van der Waals surface area (Å²) in [6.45, 7) is 2.81. The van der Waals surface area contributed by atoms with E-state index in [9.17, 15) is 8.78 Å². The van der Waals surface area contributed by atoms with Crippen LogP contribution in [0.5, 0.6) is 0 Å². The second-order valence-corrected chi connectivity index (χ2v) is 4.93. The van der Waals surface area contributed by atoms with Crippen molar-refractivity contribution < 1.29 is 8.78 Å². The van der Waals surface area contributed by atoms with Gasteiger partial charge in [0.15, 0.2) is 0 Å². The molecular weight excluding hydrogens is 220 g/mol. The molecule has 1 aliphatic carbocycles. The fraction of sp³-hybridized carbons (Fsp3) is 0.571. The second kappa shape index (κ2) is 5.58. The lowest BCUT2D eigenvalue weighted by Gasteiger charge is -2.15. The molecule has 1 unspecified atom stereocenters. The molecule has 0 amide bonds. The van der Waals surface area contributed by atoms with Crippen LogP contribution in [0.3, 0.4) is 0 Å². The third kappa shape index (κ3) is 3.77. The number of hydrogen-bond donors (Lipinski definition) is 1. The smallest absolute Gasteiger partial charge is 0.130 e. The van der Waals surface area contributed by atoms with E-state index in [0.29, 0.717) is 5.56 Å². The SMILES string of the molecule is CC(NCCCC1CC1)c1ccc(F)cc1F. The van der Waals surface area contributed by atoms with Gasteiger partial charge < -0.3 is 5.32 Å². The van der Waals surface area contributed by atoms with E-state index in [0.717, 1.165) is 24.9 Å². The summed E-state index contributed by atoms with van der Waals surface area (Å²) in [5.74, 6) is -0.0472. The summed E-state index contributed by atoms with van der Waals surface area (Å²) in [5.41, 5.74) is 0.540. The number of nitrogens with one attached hydrogen (secondary N) is 1. The van der Waals surface area contributed by atoms with Gasteiger partial charge in [0.25, 0.3) is 0 Å². The van der Waals surface area contributed by atoms with Crippen LogP contribution in [0.2, 0.25) is 0 Å². The van der Waals surface area contributed by atoms with Gasteiger partial charge in [-0.05, 0) is 38.3 Å². The standard InChI is InChI=1S/C14H19F2N/c1-10(17-8-2-3-11-4-5-11)13-7-6-12(15)9-14(13)16/h6-7,9-11,17H,2-5,8H2,1H3. The highest BCUT2D eigenvalue weighted by Gasteiger charge is 2.20. The third-order valence-electron chi connectivity index (χ3n) is 3.37. The van der Waals surface area contributed by atoms with E-state index in [1.807, 2.05) is 6.92 Å².